The molecule has 0 bridgehead atoms. The number of hydrogen-bond donors (Lipinski definition) is 1. The first-order valence-electron chi connectivity index (χ1n) is 6.82. The van der Waals surface area contributed by atoms with Gasteiger partial charge >= 0.3 is 6.61 Å². The Morgan fingerprint density at radius 3 is 2.48 bits per heavy atom. The Balaban J connectivity index is 2.17. The quantitative estimate of drug-likeness (QED) is 0.575. The fourth-order valence-corrected chi connectivity index (χ4v) is 2.18. The van der Waals surface area contributed by atoms with Crippen molar-refractivity contribution >= 4 is 40.9 Å². The number of carbonyl (C=O) groups excluding carboxylic acids is 1. The molecule has 0 fully saturated rings. The summed E-state index contributed by atoms with van der Waals surface area (Å²) in [5.41, 5.74) is 0.532. The zero-order chi connectivity index (χ0) is 18.4. The number of ether oxygens (including phenoxy) is 1. The van der Waals surface area contributed by atoms with E-state index in [2.05, 4.69) is 10.1 Å². The monoisotopic (exact) mass is 382 g/mol. The van der Waals surface area contributed by atoms with E-state index in [1.54, 1.807) is 12.1 Å². The largest absolute Gasteiger partial charge is 0.435 e. The second-order valence-electron chi connectivity index (χ2n) is 4.70. The summed E-state index contributed by atoms with van der Waals surface area (Å²) in [6.07, 6.45) is 1.31. The van der Waals surface area contributed by atoms with Crippen LogP contribution in [0.15, 0.2) is 48.0 Å². The molecule has 128 valence electrons. The molecule has 0 saturated heterocycles. The molecule has 0 heterocycles. The van der Waals surface area contributed by atoms with Crippen LogP contribution in [0.25, 0.3) is 6.08 Å². The van der Waals surface area contributed by atoms with E-state index in [0.717, 1.165) is 0 Å². The first-order valence-corrected chi connectivity index (χ1v) is 7.57. The fraction of sp³-hybridized carbons (Fsp3) is 0.0588. The SMILES string of the molecule is N#CC(=Cc1ccc(OC(F)F)cc1)C(=O)Nc1cc(Cl)ccc1Cl. The van der Waals surface area contributed by atoms with Crippen molar-refractivity contribution in [2.75, 3.05) is 5.32 Å². The van der Waals surface area contributed by atoms with Gasteiger partial charge in [0, 0.05) is 5.02 Å². The molecule has 0 aliphatic carbocycles. The molecule has 1 amide bonds. The zero-order valence-electron chi connectivity index (χ0n) is 12.5. The number of benzene rings is 2. The van der Waals surface area contributed by atoms with Crippen molar-refractivity contribution in [3.05, 3.63) is 63.6 Å². The first kappa shape index (κ1) is 18.7. The van der Waals surface area contributed by atoms with Gasteiger partial charge in [0.25, 0.3) is 5.91 Å². The Hall–Kier alpha value is -2.62. The predicted octanol–water partition coefficient (Wildman–Crippen LogP) is 5.14. The molecule has 0 aliphatic heterocycles. The van der Waals surface area contributed by atoms with E-state index >= 15 is 0 Å². The minimum absolute atomic E-state index is 0.0270. The smallest absolute Gasteiger partial charge is 0.387 e. The van der Waals surface area contributed by atoms with Crippen LogP contribution in [0.3, 0.4) is 0 Å². The molecule has 0 saturated carbocycles. The summed E-state index contributed by atoms with van der Waals surface area (Å²) >= 11 is 11.8. The van der Waals surface area contributed by atoms with Gasteiger partial charge in [0.2, 0.25) is 0 Å². The number of anilines is 1. The minimum atomic E-state index is -2.93. The molecule has 25 heavy (non-hydrogen) atoms. The molecule has 1 N–H and O–H groups in total. The highest BCUT2D eigenvalue weighted by Gasteiger charge is 2.12. The molecule has 8 heteroatoms. The standard InChI is InChI=1S/C17H10Cl2F2N2O2/c18-12-3-6-14(19)15(8-12)23-16(24)11(9-22)7-10-1-4-13(5-2-10)25-17(20)21/h1-8,17H,(H,23,24). The highest BCUT2D eigenvalue weighted by Crippen LogP contribution is 2.26. The average molecular weight is 383 g/mol. The second kappa shape index (κ2) is 8.47. The van der Waals surface area contributed by atoms with Crippen molar-refractivity contribution in [2.45, 2.75) is 6.61 Å². The first-order chi connectivity index (χ1) is 11.9. The van der Waals surface area contributed by atoms with E-state index in [0.29, 0.717) is 10.6 Å². The van der Waals surface area contributed by atoms with E-state index < -0.39 is 12.5 Å². The molecule has 0 radical (unpaired) electrons. The van der Waals surface area contributed by atoms with E-state index in [1.165, 1.54) is 42.5 Å². The average Bonchev–Trinajstić information content (AvgIpc) is 2.57. The maximum Gasteiger partial charge on any atom is 0.387 e. The van der Waals surface area contributed by atoms with Crippen LogP contribution in [0, 0.1) is 11.3 Å². The summed E-state index contributed by atoms with van der Waals surface area (Å²) in [6, 6.07) is 11.8. The third-order valence-electron chi connectivity index (χ3n) is 2.96. The number of amides is 1. The Morgan fingerprint density at radius 2 is 1.88 bits per heavy atom. The second-order valence-corrected chi connectivity index (χ2v) is 5.54. The summed E-state index contributed by atoms with van der Waals surface area (Å²) in [4.78, 5) is 12.2. The minimum Gasteiger partial charge on any atom is -0.435 e. The van der Waals surface area contributed by atoms with Gasteiger partial charge in [-0.25, -0.2) is 0 Å². The van der Waals surface area contributed by atoms with Gasteiger partial charge in [0.05, 0.1) is 10.7 Å². The molecular formula is C17H10Cl2F2N2O2. The lowest BCUT2D eigenvalue weighted by Gasteiger charge is -2.07. The molecule has 0 aliphatic rings. The van der Waals surface area contributed by atoms with Crippen LogP contribution in [0.2, 0.25) is 10.0 Å². The number of alkyl halides is 2. The number of carbonyl (C=O) groups is 1. The van der Waals surface area contributed by atoms with Crippen molar-refractivity contribution in [1.82, 2.24) is 0 Å². The lowest BCUT2D eigenvalue weighted by molar-refractivity contribution is -0.112. The zero-order valence-corrected chi connectivity index (χ0v) is 14.0. The lowest BCUT2D eigenvalue weighted by Crippen LogP contribution is -2.13. The van der Waals surface area contributed by atoms with E-state index in [1.807, 2.05) is 0 Å². The molecule has 0 aromatic heterocycles. The molecule has 0 spiro atoms. The van der Waals surface area contributed by atoms with E-state index in [4.69, 9.17) is 23.2 Å². The van der Waals surface area contributed by atoms with E-state index in [-0.39, 0.29) is 22.0 Å². The van der Waals surface area contributed by atoms with Gasteiger partial charge in [0.15, 0.2) is 0 Å². The van der Waals surface area contributed by atoms with Gasteiger partial charge in [-0.1, -0.05) is 35.3 Å². The van der Waals surface area contributed by atoms with Crippen LogP contribution in [0.5, 0.6) is 5.75 Å². The number of nitriles is 1. The Kier molecular flexibility index (Phi) is 6.34. The summed E-state index contributed by atoms with van der Waals surface area (Å²) in [5, 5.41) is 12.3. The van der Waals surface area contributed by atoms with Gasteiger partial charge in [-0.05, 0) is 42.0 Å². The van der Waals surface area contributed by atoms with Crippen LogP contribution in [-0.4, -0.2) is 12.5 Å². The summed E-state index contributed by atoms with van der Waals surface area (Å²) in [7, 11) is 0. The van der Waals surface area contributed by atoms with Crippen LogP contribution in [0.1, 0.15) is 5.56 Å². The van der Waals surface area contributed by atoms with Gasteiger partial charge < -0.3 is 10.1 Å². The summed E-state index contributed by atoms with van der Waals surface area (Å²) in [6.45, 7) is -2.93. The van der Waals surface area contributed by atoms with Crippen LogP contribution < -0.4 is 10.1 Å². The molecule has 2 rings (SSSR count). The lowest BCUT2D eigenvalue weighted by atomic mass is 10.1. The van der Waals surface area contributed by atoms with Crippen LogP contribution in [0.4, 0.5) is 14.5 Å². The molecular weight excluding hydrogens is 373 g/mol. The van der Waals surface area contributed by atoms with Crippen molar-refractivity contribution < 1.29 is 18.3 Å². The van der Waals surface area contributed by atoms with Crippen molar-refractivity contribution in [3.8, 4) is 11.8 Å². The Morgan fingerprint density at radius 1 is 1.20 bits per heavy atom. The van der Waals surface area contributed by atoms with Crippen molar-refractivity contribution in [1.29, 1.82) is 5.26 Å². The number of halogens is 4. The summed E-state index contributed by atoms with van der Waals surface area (Å²) < 4.78 is 28.4. The van der Waals surface area contributed by atoms with Crippen LogP contribution >= 0.6 is 23.2 Å². The van der Waals surface area contributed by atoms with Crippen LogP contribution in [-0.2, 0) is 4.79 Å². The fourth-order valence-electron chi connectivity index (χ4n) is 1.84. The number of hydrogen-bond acceptors (Lipinski definition) is 3. The van der Waals surface area contributed by atoms with Gasteiger partial charge in [-0.15, -0.1) is 0 Å². The predicted molar refractivity (Wildman–Crippen MR) is 91.8 cm³/mol. The topological polar surface area (TPSA) is 62.1 Å². The number of rotatable bonds is 5. The van der Waals surface area contributed by atoms with Crippen molar-refractivity contribution in [2.24, 2.45) is 0 Å². The highest BCUT2D eigenvalue weighted by molar-refractivity contribution is 6.36. The Labute approximate surface area is 152 Å². The third-order valence-corrected chi connectivity index (χ3v) is 3.52. The number of nitrogens with one attached hydrogen (secondary N) is 1. The molecule has 2 aromatic rings. The number of nitrogens with zero attached hydrogens (tertiary/aromatic N) is 1. The maximum atomic E-state index is 12.2. The Bertz CT molecular complexity index is 847. The summed E-state index contributed by atoms with van der Waals surface area (Å²) in [5.74, 6) is -0.708. The normalized spacial score (nSPS) is 11.1. The van der Waals surface area contributed by atoms with Gasteiger partial charge in [-0.2, -0.15) is 14.0 Å². The van der Waals surface area contributed by atoms with Gasteiger partial charge in [0.1, 0.15) is 17.4 Å². The van der Waals surface area contributed by atoms with E-state index in [9.17, 15) is 18.8 Å². The highest BCUT2D eigenvalue weighted by atomic mass is 35.5. The van der Waals surface area contributed by atoms with Gasteiger partial charge in [-0.3, -0.25) is 4.79 Å². The van der Waals surface area contributed by atoms with Crippen molar-refractivity contribution in [3.63, 3.8) is 0 Å². The molecule has 0 atom stereocenters. The molecule has 0 unspecified atom stereocenters. The third kappa shape index (κ3) is 5.45. The molecule has 2 aromatic carbocycles. The maximum absolute atomic E-state index is 12.2. The molecule has 4 nitrogen and oxygen atoms in total.